The Kier molecular flexibility index (Phi) is 21.2. The van der Waals surface area contributed by atoms with Crippen LogP contribution in [0.2, 0.25) is 0 Å². The van der Waals surface area contributed by atoms with Gasteiger partial charge in [0.2, 0.25) is 11.8 Å². The van der Waals surface area contributed by atoms with Crippen LogP contribution < -0.4 is 19.3 Å². The molecule has 0 N–H and O–H groups in total. The Morgan fingerprint density at radius 3 is 1.99 bits per heavy atom. The summed E-state index contributed by atoms with van der Waals surface area (Å²) in [6, 6.07) is 11.1. The maximum Gasteiger partial charge on any atom is 0.319 e. The van der Waals surface area contributed by atoms with E-state index in [-0.39, 0.29) is 90.0 Å². The van der Waals surface area contributed by atoms with Gasteiger partial charge in [-0.05, 0) is 128 Å². The zero-order valence-corrected chi connectivity index (χ0v) is 51.8. The Labute approximate surface area is 511 Å². The molecule has 1 aromatic carbocycles. The maximum absolute atomic E-state index is 15.5. The lowest BCUT2D eigenvalue weighted by molar-refractivity contribution is -0.129. The summed E-state index contributed by atoms with van der Waals surface area (Å²) in [6.07, 6.45) is 16.8. The molecule has 8 atom stereocenters. The van der Waals surface area contributed by atoms with Crippen molar-refractivity contribution in [2.45, 2.75) is 146 Å². The van der Waals surface area contributed by atoms with Gasteiger partial charge in [0.15, 0.2) is 11.6 Å². The highest BCUT2D eigenvalue weighted by atomic mass is 32.2. The number of carbonyl (C=O) groups excluding carboxylic acids is 4. The van der Waals surface area contributed by atoms with Gasteiger partial charge < -0.3 is 38.9 Å². The molecule has 18 nitrogen and oxygen atoms in total. The van der Waals surface area contributed by atoms with Crippen LogP contribution in [0.25, 0.3) is 0 Å². The molecule has 20 heteroatoms. The molecule has 86 heavy (non-hydrogen) atoms. The minimum atomic E-state index is -1.17. The number of halogens is 1. The van der Waals surface area contributed by atoms with Crippen molar-refractivity contribution >= 4 is 46.8 Å². The van der Waals surface area contributed by atoms with Gasteiger partial charge in [-0.25, -0.2) is 4.39 Å². The smallest absolute Gasteiger partial charge is 0.319 e. The molecule has 3 aromatic rings. The molecule has 5 fully saturated rings. The van der Waals surface area contributed by atoms with E-state index in [2.05, 4.69) is 84.1 Å². The van der Waals surface area contributed by atoms with Crippen LogP contribution in [-0.4, -0.2) is 178 Å². The number of benzene rings is 1. The topological polar surface area (TPSA) is 205 Å². The molecular formula is C66H84FN12O6S. The van der Waals surface area contributed by atoms with Crippen molar-refractivity contribution in [3.63, 3.8) is 0 Å². The lowest BCUT2D eigenvalue weighted by Gasteiger charge is -2.47. The van der Waals surface area contributed by atoms with Crippen LogP contribution in [0.15, 0.2) is 67.8 Å². The molecule has 8 aliphatic rings. The second kappa shape index (κ2) is 28.7. The Hall–Kier alpha value is -7.00. The van der Waals surface area contributed by atoms with E-state index in [4.69, 9.17) is 29.4 Å². The van der Waals surface area contributed by atoms with Gasteiger partial charge in [-0.2, -0.15) is 30.5 Å². The highest BCUT2D eigenvalue weighted by molar-refractivity contribution is 8.00. The molecule has 11 rings (SSSR count). The predicted octanol–water partition coefficient (Wildman–Crippen LogP) is 8.63. The number of ether oxygens (including phenoxy) is 2. The minimum Gasteiger partial charge on any atom is -0.462 e. The second-order valence-corrected chi connectivity index (χ2v) is 24.9. The van der Waals surface area contributed by atoms with E-state index in [1.54, 1.807) is 21.6 Å². The lowest BCUT2D eigenvalue weighted by Crippen LogP contribution is -2.55. The first-order valence-corrected chi connectivity index (χ1v) is 31.9. The predicted molar refractivity (Wildman–Crippen MR) is 332 cm³/mol. The number of piperazine rings is 2. The van der Waals surface area contributed by atoms with Crippen LogP contribution in [0.3, 0.4) is 0 Å². The van der Waals surface area contributed by atoms with Crippen molar-refractivity contribution in [2.24, 2.45) is 11.3 Å². The number of nitrogens with zero attached hydrogens (tertiary/aromatic N) is 12. The Balaban J connectivity index is 0.000000200. The highest BCUT2D eigenvalue weighted by Crippen LogP contribution is 2.53. The average Bonchev–Trinajstić information content (AvgIpc) is 1.05. The number of rotatable bonds is 15. The van der Waals surface area contributed by atoms with Crippen molar-refractivity contribution in [2.75, 3.05) is 89.5 Å². The number of aromatic nitrogens is 4. The standard InChI is InChI=1S/C32H38FN6O3.C32H40N6O3S.C2H6/c1-3-27(40)39-16-15-38(19-22(39)11-13-34)30-25-10-12-32(17-21-7-4-5-9-24(21)26(33)18-32)29(41)28(25)35-31(36-30)42-20-23-8-6-14-37(23)2;1-5-26-29(30(40)27-17-23-16-21(3)9-10-22(23)20-42-27)34-32(41-19-25-8-7-13-36(25)4)35-31(26)37-14-15-38(28(39)6-2)24(18-37)11-12-33;1-2/h3-5,7,9,21-23,26H,1,6,8,10-12,14-20H2,2H3;6,9-10,16,24-25,27H,2,5,7-8,11,13-15,17-20H2,1,3-4H3;1-2H3/t;24?,25?,27-;/m.1./s1. The number of carbonyl (C=O) groups is 4. The molecule has 4 saturated heterocycles. The van der Waals surface area contributed by atoms with Crippen molar-refractivity contribution < 1.29 is 33.0 Å². The fraction of sp³-hybridized carbons (Fsp3) is 0.561. The van der Waals surface area contributed by atoms with Gasteiger partial charge in [0.05, 0.1) is 42.3 Å². The summed E-state index contributed by atoms with van der Waals surface area (Å²) < 4.78 is 27.9. The SMILES string of the molecule is C=CC(=O)N1CCN(c2nc(OCC3CCCN3C)nc(C(=O)[C@H]3Cc4cc(C)ccc4CS3)c2CC)CC1CC#N.C=CC(=O)N1CCN(c2nc(OCC3CCCN3C)nc3c2CCC2(CC(F)[C]4C=CC=CC4C2)C3=O)CC1CC#N.CC. The molecule has 457 valence electrons. The van der Waals surface area contributed by atoms with Gasteiger partial charge in [0.25, 0.3) is 0 Å². The molecule has 1 radical (unpaired) electrons. The second-order valence-electron chi connectivity index (χ2n) is 23.7. The fourth-order valence-corrected chi connectivity index (χ4v) is 15.0. The third-order valence-corrected chi connectivity index (χ3v) is 19.8. The molecule has 3 aliphatic carbocycles. The molecule has 2 aromatic heterocycles. The van der Waals surface area contributed by atoms with Crippen LogP contribution in [0.4, 0.5) is 16.0 Å². The quantitative estimate of drug-likeness (QED) is 0.103. The molecule has 7 unspecified atom stereocenters. The first-order chi connectivity index (χ1) is 41.7. The van der Waals surface area contributed by atoms with Crippen molar-refractivity contribution in [1.82, 2.24) is 39.5 Å². The normalized spacial score (nSPS) is 26.2. The summed E-state index contributed by atoms with van der Waals surface area (Å²) in [6.45, 7) is 20.9. The zero-order valence-electron chi connectivity index (χ0n) is 51.0. The molecule has 0 bridgehead atoms. The number of Topliss-reactive ketones (excluding diaryl/α,β-unsaturated/α-hetero) is 2. The number of alkyl halides is 1. The minimum absolute atomic E-state index is 0.00420. The van der Waals surface area contributed by atoms with Crippen LogP contribution in [0.5, 0.6) is 12.0 Å². The molecule has 7 heterocycles. The number of likely N-dealkylation sites (tertiary alicyclic amines) is 2. The van der Waals surface area contributed by atoms with Crippen molar-refractivity contribution in [3.8, 4) is 24.2 Å². The number of anilines is 2. The first-order valence-electron chi connectivity index (χ1n) is 30.9. The first kappa shape index (κ1) is 63.5. The lowest BCUT2D eigenvalue weighted by atomic mass is 9.57. The number of amides is 2. The molecule has 1 spiro atoms. The Morgan fingerprint density at radius 2 is 1.41 bits per heavy atom. The Morgan fingerprint density at radius 1 is 0.802 bits per heavy atom. The zero-order chi connectivity index (χ0) is 61.2. The number of allylic oxidation sites excluding steroid dienone is 4. The van der Waals surface area contributed by atoms with Crippen molar-refractivity contribution in [3.05, 3.63) is 113 Å². The van der Waals surface area contributed by atoms with Gasteiger partial charge in [-0.15, -0.1) is 11.8 Å². The molecule has 1 saturated carbocycles. The van der Waals surface area contributed by atoms with Gasteiger partial charge in [-0.1, -0.05) is 82.0 Å². The van der Waals surface area contributed by atoms with Gasteiger partial charge in [-0.3, -0.25) is 19.2 Å². The Bertz CT molecular complexity index is 3160. The van der Waals surface area contributed by atoms with E-state index in [1.807, 2.05) is 45.1 Å². The molecular weight excluding hydrogens is 1110 g/mol. The summed E-state index contributed by atoms with van der Waals surface area (Å²) in [5.74, 6) is 2.22. The number of fused-ring (bicyclic) bond motifs is 3. The third kappa shape index (κ3) is 13.7. The summed E-state index contributed by atoms with van der Waals surface area (Å²) in [5, 5.41) is 18.8. The number of nitriles is 2. The van der Waals surface area contributed by atoms with Crippen LogP contribution >= 0.6 is 11.8 Å². The maximum atomic E-state index is 15.5. The number of aryl methyl sites for hydroxylation is 1. The highest BCUT2D eigenvalue weighted by Gasteiger charge is 2.53. The number of hydrogen-bond donors (Lipinski definition) is 0. The molecule has 5 aliphatic heterocycles. The fourth-order valence-electron chi connectivity index (χ4n) is 13.8. The van der Waals surface area contributed by atoms with Crippen LogP contribution in [0, 0.1) is 46.8 Å². The van der Waals surface area contributed by atoms with E-state index in [0.29, 0.717) is 108 Å². The van der Waals surface area contributed by atoms with E-state index < -0.39 is 11.6 Å². The van der Waals surface area contributed by atoms with Crippen LogP contribution in [0.1, 0.15) is 127 Å². The van der Waals surface area contributed by atoms with E-state index in [0.717, 1.165) is 61.6 Å². The number of thioether (sulfide) groups is 1. The summed E-state index contributed by atoms with van der Waals surface area (Å²) in [7, 11) is 4.17. The molecule has 2 amide bonds. The van der Waals surface area contributed by atoms with Crippen molar-refractivity contribution in [1.29, 1.82) is 10.5 Å². The van der Waals surface area contributed by atoms with Gasteiger partial charge >= 0.3 is 12.0 Å². The van der Waals surface area contributed by atoms with E-state index >= 15 is 4.39 Å². The largest absolute Gasteiger partial charge is 0.462 e. The average molecular weight is 1190 g/mol. The van der Waals surface area contributed by atoms with E-state index in [1.165, 1.54) is 28.8 Å². The van der Waals surface area contributed by atoms with Gasteiger partial charge in [0.1, 0.15) is 42.4 Å². The third-order valence-electron chi connectivity index (χ3n) is 18.6. The van der Waals surface area contributed by atoms with Crippen LogP contribution in [-0.2, 0) is 34.6 Å². The number of hydrogen-bond acceptors (Lipinski definition) is 17. The summed E-state index contributed by atoms with van der Waals surface area (Å²) in [5.41, 5.74) is 5.17. The summed E-state index contributed by atoms with van der Waals surface area (Å²) >= 11 is 1.67. The van der Waals surface area contributed by atoms with Gasteiger partial charge in [0, 0.05) is 79.6 Å². The van der Waals surface area contributed by atoms with E-state index in [9.17, 15) is 29.7 Å². The monoisotopic (exact) mass is 1190 g/mol. The summed E-state index contributed by atoms with van der Waals surface area (Å²) in [4.78, 5) is 84.9. The number of ketones is 2. The number of likely N-dealkylation sites (N-methyl/N-ethyl adjacent to an activating group) is 2.